The number of amides is 1. The van der Waals surface area contributed by atoms with Crippen molar-refractivity contribution in [2.45, 2.75) is 18.9 Å². The summed E-state index contributed by atoms with van der Waals surface area (Å²) in [5.74, 6) is -1.03. The zero-order valence-corrected chi connectivity index (χ0v) is 13.7. The molecule has 0 saturated carbocycles. The molecule has 130 valence electrons. The predicted molar refractivity (Wildman–Crippen MR) is 89.5 cm³/mol. The van der Waals surface area contributed by atoms with E-state index in [0.29, 0.717) is 6.61 Å². The zero-order chi connectivity index (χ0) is 18.0. The zero-order valence-electron chi connectivity index (χ0n) is 13.7. The van der Waals surface area contributed by atoms with Gasteiger partial charge in [0.25, 0.3) is 5.91 Å². The van der Waals surface area contributed by atoms with Gasteiger partial charge in [-0.1, -0.05) is 6.07 Å². The summed E-state index contributed by atoms with van der Waals surface area (Å²) in [6, 6.07) is 7.48. The van der Waals surface area contributed by atoms with Crippen LogP contribution in [0.4, 0.5) is 0 Å². The minimum atomic E-state index is -2.03. The van der Waals surface area contributed by atoms with Crippen LogP contribution in [-0.4, -0.2) is 45.8 Å². The van der Waals surface area contributed by atoms with Gasteiger partial charge in [0.15, 0.2) is 5.60 Å². The van der Waals surface area contributed by atoms with Gasteiger partial charge in [-0.2, -0.15) is 0 Å². The standard InChI is InChI=1S/C18H18N2O5/c1-18(24,17(22)23)10-20-16(21)14-7-13(8-19-9-14)11-2-3-15-12(6-11)4-5-25-15/h2-3,6-9,24H,4-5,10H2,1H3,(H,20,21)(H,22,23). The van der Waals surface area contributed by atoms with E-state index >= 15 is 0 Å². The summed E-state index contributed by atoms with van der Waals surface area (Å²) in [7, 11) is 0. The highest BCUT2D eigenvalue weighted by atomic mass is 16.5. The van der Waals surface area contributed by atoms with E-state index in [9.17, 15) is 14.7 Å². The Hall–Kier alpha value is -2.93. The number of pyridine rings is 1. The maximum absolute atomic E-state index is 12.2. The number of carbonyl (C=O) groups excluding carboxylic acids is 1. The van der Waals surface area contributed by atoms with Crippen molar-refractivity contribution in [3.63, 3.8) is 0 Å². The van der Waals surface area contributed by atoms with Crippen LogP contribution in [0.2, 0.25) is 0 Å². The van der Waals surface area contributed by atoms with Gasteiger partial charge in [-0.15, -0.1) is 0 Å². The maximum Gasteiger partial charge on any atom is 0.337 e. The first kappa shape index (κ1) is 16.9. The van der Waals surface area contributed by atoms with Gasteiger partial charge in [0.05, 0.1) is 18.7 Å². The number of aliphatic hydroxyl groups is 1. The second-order valence-electron chi connectivity index (χ2n) is 6.14. The molecule has 0 aliphatic carbocycles. The molecule has 1 aromatic carbocycles. The van der Waals surface area contributed by atoms with E-state index in [2.05, 4.69) is 10.3 Å². The second kappa shape index (κ2) is 6.52. The summed E-state index contributed by atoms with van der Waals surface area (Å²) < 4.78 is 5.48. The highest BCUT2D eigenvalue weighted by Crippen LogP contribution is 2.30. The lowest BCUT2D eigenvalue weighted by Crippen LogP contribution is -2.46. The topological polar surface area (TPSA) is 109 Å². The minimum absolute atomic E-state index is 0.287. The molecule has 0 fully saturated rings. The third kappa shape index (κ3) is 3.61. The van der Waals surface area contributed by atoms with E-state index in [1.165, 1.54) is 6.20 Å². The Morgan fingerprint density at radius 3 is 2.84 bits per heavy atom. The van der Waals surface area contributed by atoms with Crippen LogP contribution in [-0.2, 0) is 11.2 Å². The van der Waals surface area contributed by atoms with E-state index < -0.39 is 24.0 Å². The number of carboxylic acid groups (broad SMARTS) is 1. The third-order valence-corrected chi connectivity index (χ3v) is 4.08. The van der Waals surface area contributed by atoms with Crippen LogP contribution in [0.5, 0.6) is 5.75 Å². The molecule has 3 N–H and O–H groups in total. The number of ether oxygens (including phenoxy) is 1. The van der Waals surface area contributed by atoms with Crippen molar-refractivity contribution in [2.75, 3.05) is 13.2 Å². The molecule has 7 nitrogen and oxygen atoms in total. The van der Waals surface area contributed by atoms with E-state index in [4.69, 9.17) is 9.84 Å². The number of benzene rings is 1. The van der Waals surface area contributed by atoms with Gasteiger partial charge < -0.3 is 20.3 Å². The molecular weight excluding hydrogens is 324 g/mol. The molecule has 2 aromatic rings. The number of hydrogen-bond acceptors (Lipinski definition) is 5. The van der Waals surface area contributed by atoms with Crippen molar-refractivity contribution in [1.82, 2.24) is 10.3 Å². The van der Waals surface area contributed by atoms with E-state index in [1.807, 2.05) is 18.2 Å². The fourth-order valence-corrected chi connectivity index (χ4v) is 2.52. The predicted octanol–water partition coefficient (Wildman–Crippen LogP) is 1.25. The molecule has 0 spiro atoms. The number of fused-ring (bicyclic) bond motifs is 1. The number of rotatable bonds is 5. The van der Waals surface area contributed by atoms with Gasteiger partial charge in [-0.25, -0.2) is 4.79 Å². The maximum atomic E-state index is 12.2. The monoisotopic (exact) mass is 342 g/mol. The number of nitrogens with one attached hydrogen (secondary N) is 1. The van der Waals surface area contributed by atoms with Crippen LogP contribution in [0.1, 0.15) is 22.8 Å². The molecule has 7 heteroatoms. The van der Waals surface area contributed by atoms with Crippen molar-refractivity contribution < 1.29 is 24.5 Å². The Morgan fingerprint density at radius 2 is 2.08 bits per heavy atom. The summed E-state index contributed by atoms with van der Waals surface area (Å²) >= 11 is 0. The number of aliphatic carboxylic acids is 1. The van der Waals surface area contributed by atoms with Crippen molar-refractivity contribution in [3.05, 3.63) is 47.8 Å². The summed E-state index contributed by atoms with van der Waals surface area (Å²) in [5, 5.41) is 20.9. The Kier molecular flexibility index (Phi) is 4.41. The average molecular weight is 342 g/mol. The molecule has 3 rings (SSSR count). The molecule has 1 amide bonds. The Morgan fingerprint density at radius 1 is 1.28 bits per heavy atom. The molecule has 1 aliphatic heterocycles. The molecule has 1 atom stereocenters. The first-order valence-corrected chi connectivity index (χ1v) is 7.82. The number of carbonyl (C=O) groups is 2. The largest absolute Gasteiger partial charge is 0.493 e. The van der Waals surface area contributed by atoms with Crippen LogP contribution in [0.15, 0.2) is 36.7 Å². The van der Waals surface area contributed by atoms with Crippen LogP contribution >= 0.6 is 0 Å². The first-order valence-electron chi connectivity index (χ1n) is 7.82. The third-order valence-electron chi connectivity index (χ3n) is 4.08. The Balaban J connectivity index is 1.77. The lowest BCUT2D eigenvalue weighted by molar-refractivity contribution is -0.155. The quantitative estimate of drug-likeness (QED) is 0.754. The molecule has 0 radical (unpaired) electrons. The summed E-state index contributed by atoms with van der Waals surface area (Å²) in [4.78, 5) is 27.2. The molecule has 2 heterocycles. The van der Waals surface area contributed by atoms with Crippen molar-refractivity contribution in [1.29, 1.82) is 0 Å². The normalized spacial score (nSPS) is 15.0. The van der Waals surface area contributed by atoms with E-state index in [0.717, 1.165) is 35.8 Å². The number of hydrogen-bond donors (Lipinski definition) is 3. The van der Waals surface area contributed by atoms with Crippen LogP contribution in [0.3, 0.4) is 0 Å². The van der Waals surface area contributed by atoms with Gasteiger partial charge in [-0.3, -0.25) is 9.78 Å². The van der Waals surface area contributed by atoms with Gasteiger partial charge in [0.2, 0.25) is 0 Å². The Labute approximate surface area is 144 Å². The molecule has 0 saturated heterocycles. The van der Waals surface area contributed by atoms with Crippen LogP contribution < -0.4 is 10.1 Å². The summed E-state index contributed by atoms with van der Waals surface area (Å²) in [5.41, 5.74) is 1.07. The molecular formula is C18H18N2O5. The molecule has 1 aliphatic rings. The smallest absolute Gasteiger partial charge is 0.337 e. The van der Waals surface area contributed by atoms with E-state index in [1.54, 1.807) is 12.3 Å². The van der Waals surface area contributed by atoms with Gasteiger partial charge >= 0.3 is 5.97 Å². The number of nitrogens with zero attached hydrogens (tertiary/aromatic N) is 1. The number of carboxylic acids is 1. The van der Waals surface area contributed by atoms with Gasteiger partial charge in [0, 0.05) is 24.4 Å². The molecule has 1 unspecified atom stereocenters. The minimum Gasteiger partial charge on any atom is -0.493 e. The van der Waals surface area contributed by atoms with Gasteiger partial charge in [0.1, 0.15) is 5.75 Å². The van der Waals surface area contributed by atoms with Gasteiger partial charge in [-0.05, 0) is 36.2 Å². The van der Waals surface area contributed by atoms with E-state index in [-0.39, 0.29) is 5.56 Å². The Bertz CT molecular complexity index is 832. The fraction of sp³-hybridized carbons (Fsp3) is 0.278. The highest BCUT2D eigenvalue weighted by molar-refractivity contribution is 5.95. The lowest BCUT2D eigenvalue weighted by Gasteiger charge is -2.18. The van der Waals surface area contributed by atoms with Crippen molar-refractivity contribution in [3.8, 4) is 16.9 Å². The van der Waals surface area contributed by atoms with Crippen LogP contribution in [0.25, 0.3) is 11.1 Å². The van der Waals surface area contributed by atoms with Crippen molar-refractivity contribution in [2.24, 2.45) is 0 Å². The van der Waals surface area contributed by atoms with Crippen LogP contribution in [0, 0.1) is 0 Å². The fourth-order valence-electron chi connectivity index (χ4n) is 2.52. The molecule has 25 heavy (non-hydrogen) atoms. The highest BCUT2D eigenvalue weighted by Gasteiger charge is 2.30. The first-order chi connectivity index (χ1) is 11.9. The molecule has 1 aromatic heterocycles. The average Bonchev–Trinajstić information content (AvgIpc) is 3.07. The summed E-state index contributed by atoms with van der Waals surface area (Å²) in [6.45, 7) is 1.39. The second-order valence-corrected chi connectivity index (χ2v) is 6.14. The van der Waals surface area contributed by atoms with Crippen molar-refractivity contribution >= 4 is 11.9 Å². The lowest BCUT2D eigenvalue weighted by atomic mass is 10.0. The SMILES string of the molecule is CC(O)(CNC(=O)c1cncc(-c2ccc3c(c2)CCO3)c1)C(=O)O. The summed E-state index contributed by atoms with van der Waals surface area (Å²) in [6.07, 6.45) is 3.90. The number of aromatic nitrogens is 1. The molecule has 0 bridgehead atoms.